The summed E-state index contributed by atoms with van der Waals surface area (Å²) in [7, 11) is 0. The van der Waals surface area contributed by atoms with Gasteiger partial charge in [0.1, 0.15) is 0 Å². The topological polar surface area (TPSA) is 26.0 Å². The van der Waals surface area contributed by atoms with E-state index in [4.69, 9.17) is 28.9 Å². The lowest BCUT2D eigenvalue weighted by Gasteiger charge is -2.17. The number of rotatable bonds is 2. The SMILES string of the molecule is CC1C(N)CCC1Sc1ccc(Cl)c(Cl)c1. The monoisotopic (exact) mass is 275 g/mol. The van der Waals surface area contributed by atoms with E-state index in [1.54, 1.807) is 0 Å². The third-order valence-electron chi connectivity index (χ3n) is 3.22. The predicted molar refractivity (Wildman–Crippen MR) is 72.5 cm³/mol. The van der Waals surface area contributed by atoms with Gasteiger partial charge < -0.3 is 5.73 Å². The minimum Gasteiger partial charge on any atom is -0.327 e. The minimum absolute atomic E-state index is 0.347. The normalized spacial score (nSPS) is 29.6. The Morgan fingerprint density at radius 3 is 2.56 bits per heavy atom. The van der Waals surface area contributed by atoms with Crippen LogP contribution in [-0.4, -0.2) is 11.3 Å². The average molecular weight is 276 g/mol. The van der Waals surface area contributed by atoms with Crippen LogP contribution in [0.4, 0.5) is 0 Å². The number of thioether (sulfide) groups is 1. The van der Waals surface area contributed by atoms with Gasteiger partial charge in [0, 0.05) is 16.2 Å². The maximum absolute atomic E-state index is 6.02. The molecule has 0 aromatic heterocycles. The Morgan fingerprint density at radius 2 is 2.00 bits per heavy atom. The zero-order chi connectivity index (χ0) is 11.7. The molecule has 3 atom stereocenters. The van der Waals surface area contributed by atoms with Crippen molar-refractivity contribution in [3.8, 4) is 0 Å². The summed E-state index contributed by atoms with van der Waals surface area (Å²) in [4.78, 5) is 1.18. The van der Waals surface area contributed by atoms with Gasteiger partial charge in [-0.3, -0.25) is 0 Å². The smallest absolute Gasteiger partial charge is 0.0603 e. The van der Waals surface area contributed by atoms with Crippen LogP contribution in [0.3, 0.4) is 0 Å². The quantitative estimate of drug-likeness (QED) is 0.875. The van der Waals surface area contributed by atoms with E-state index in [1.165, 1.54) is 11.3 Å². The summed E-state index contributed by atoms with van der Waals surface area (Å²) >= 11 is 13.7. The third-order valence-corrected chi connectivity index (χ3v) is 5.46. The lowest BCUT2D eigenvalue weighted by atomic mass is 10.1. The van der Waals surface area contributed by atoms with Crippen molar-refractivity contribution in [2.75, 3.05) is 0 Å². The molecule has 1 fully saturated rings. The highest BCUT2D eigenvalue weighted by molar-refractivity contribution is 8.00. The average Bonchev–Trinajstić information content (AvgIpc) is 2.55. The molecule has 0 aliphatic heterocycles. The van der Waals surface area contributed by atoms with Gasteiger partial charge in [-0.15, -0.1) is 11.8 Å². The van der Waals surface area contributed by atoms with Crippen molar-refractivity contribution < 1.29 is 0 Å². The molecule has 0 saturated heterocycles. The molecule has 3 unspecified atom stereocenters. The van der Waals surface area contributed by atoms with Gasteiger partial charge in [-0.25, -0.2) is 0 Å². The zero-order valence-corrected chi connectivity index (χ0v) is 11.4. The zero-order valence-electron chi connectivity index (χ0n) is 9.12. The summed E-state index contributed by atoms with van der Waals surface area (Å²) in [5.74, 6) is 0.569. The van der Waals surface area contributed by atoms with Gasteiger partial charge in [0.25, 0.3) is 0 Å². The molecule has 2 N–H and O–H groups in total. The molecule has 0 amide bonds. The van der Waals surface area contributed by atoms with Crippen LogP contribution in [-0.2, 0) is 0 Å². The maximum Gasteiger partial charge on any atom is 0.0603 e. The molecule has 0 bridgehead atoms. The Kier molecular flexibility index (Phi) is 4.06. The van der Waals surface area contributed by atoms with Crippen LogP contribution in [0.2, 0.25) is 10.0 Å². The lowest BCUT2D eigenvalue weighted by Crippen LogP contribution is -2.25. The Hall–Kier alpha value is 0.110. The molecule has 2 rings (SSSR count). The Balaban J connectivity index is 2.07. The van der Waals surface area contributed by atoms with Crippen molar-refractivity contribution in [2.45, 2.75) is 36.0 Å². The second-order valence-corrected chi connectivity index (χ2v) is 6.46. The molecule has 1 saturated carbocycles. The Labute approximate surface area is 111 Å². The molecule has 4 heteroatoms. The molecule has 1 aliphatic carbocycles. The molecular weight excluding hydrogens is 261 g/mol. The molecule has 1 aromatic carbocycles. The van der Waals surface area contributed by atoms with Gasteiger partial charge in [-0.2, -0.15) is 0 Å². The van der Waals surface area contributed by atoms with Gasteiger partial charge >= 0.3 is 0 Å². The highest BCUT2D eigenvalue weighted by atomic mass is 35.5. The number of hydrogen-bond donors (Lipinski definition) is 1. The van der Waals surface area contributed by atoms with E-state index < -0.39 is 0 Å². The summed E-state index contributed by atoms with van der Waals surface area (Å²) in [5.41, 5.74) is 6.02. The molecule has 0 spiro atoms. The van der Waals surface area contributed by atoms with E-state index >= 15 is 0 Å². The van der Waals surface area contributed by atoms with Crippen LogP contribution in [0.25, 0.3) is 0 Å². The van der Waals surface area contributed by atoms with Crippen LogP contribution in [0.15, 0.2) is 23.1 Å². The highest BCUT2D eigenvalue weighted by Gasteiger charge is 2.30. The standard InChI is InChI=1S/C12H15Cl2NS/c1-7-11(15)4-5-12(7)16-8-2-3-9(13)10(14)6-8/h2-3,6-7,11-12H,4-5,15H2,1H3. The fourth-order valence-electron chi connectivity index (χ4n) is 2.05. The van der Waals surface area contributed by atoms with Crippen molar-refractivity contribution in [1.29, 1.82) is 0 Å². The number of benzene rings is 1. The summed E-state index contributed by atoms with van der Waals surface area (Å²) in [6.07, 6.45) is 2.31. The van der Waals surface area contributed by atoms with Gasteiger partial charge in [0.2, 0.25) is 0 Å². The third kappa shape index (κ3) is 2.67. The largest absolute Gasteiger partial charge is 0.327 e. The second-order valence-electron chi connectivity index (χ2n) is 4.33. The highest BCUT2D eigenvalue weighted by Crippen LogP contribution is 2.39. The molecule has 1 aromatic rings. The van der Waals surface area contributed by atoms with E-state index in [0.29, 0.717) is 27.3 Å². The van der Waals surface area contributed by atoms with E-state index in [2.05, 4.69) is 6.92 Å². The number of halogens is 2. The van der Waals surface area contributed by atoms with Crippen molar-refractivity contribution in [3.05, 3.63) is 28.2 Å². The fraction of sp³-hybridized carbons (Fsp3) is 0.500. The summed E-state index contributed by atoms with van der Waals surface area (Å²) in [6, 6.07) is 6.16. The molecule has 1 nitrogen and oxygen atoms in total. The van der Waals surface area contributed by atoms with Crippen LogP contribution in [0.1, 0.15) is 19.8 Å². The van der Waals surface area contributed by atoms with Crippen molar-refractivity contribution in [3.63, 3.8) is 0 Å². The molecule has 16 heavy (non-hydrogen) atoms. The van der Waals surface area contributed by atoms with Gasteiger partial charge in [-0.1, -0.05) is 30.1 Å². The van der Waals surface area contributed by atoms with Crippen molar-refractivity contribution in [2.24, 2.45) is 11.7 Å². The van der Waals surface area contributed by atoms with E-state index in [-0.39, 0.29) is 0 Å². The summed E-state index contributed by atoms with van der Waals surface area (Å²) in [6.45, 7) is 2.23. The van der Waals surface area contributed by atoms with Crippen molar-refractivity contribution >= 4 is 35.0 Å². The Morgan fingerprint density at radius 1 is 1.25 bits per heavy atom. The first-order valence-corrected chi connectivity index (χ1v) is 7.09. The molecule has 0 radical (unpaired) electrons. The first kappa shape index (κ1) is 12.6. The van der Waals surface area contributed by atoms with E-state index in [9.17, 15) is 0 Å². The van der Waals surface area contributed by atoms with Gasteiger partial charge in [-0.05, 0) is 37.0 Å². The van der Waals surface area contributed by atoms with Gasteiger partial charge in [0.05, 0.1) is 10.0 Å². The first-order valence-electron chi connectivity index (χ1n) is 5.45. The molecular formula is C12H15Cl2NS. The molecule has 88 valence electrons. The van der Waals surface area contributed by atoms with E-state index in [0.717, 1.165) is 6.42 Å². The van der Waals surface area contributed by atoms with Crippen LogP contribution < -0.4 is 5.73 Å². The second kappa shape index (κ2) is 5.18. The van der Waals surface area contributed by atoms with Gasteiger partial charge in [0.15, 0.2) is 0 Å². The van der Waals surface area contributed by atoms with Crippen LogP contribution >= 0.6 is 35.0 Å². The Bertz CT molecular complexity index is 383. The van der Waals surface area contributed by atoms with Crippen LogP contribution in [0.5, 0.6) is 0 Å². The number of hydrogen-bond acceptors (Lipinski definition) is 2. The summed E-state index contributed by atoms with van der Waals surface area (Å²) < 4.78 is 0. The van der Waals surface area contributed by atoms with Crippen molar-refractivity contribution in [1.82, 2.24) is 0 Å². The predicted octanol–water partition coefficient (Wildman–Crippen LogP) is 4.21. The molecule has 1 aliphatic rings. The minimum atomic E-state index is 0.347. The number of nitrogens with two attached hydrogens (primary N) is 1. The lowest BCUT2D eigenvalue weighted by molar-refractivity contribution is 0.535. The van der Waals surface area contributed by atoms with Crippen LogP contribution in [0, 0.1) is 5.92 Å². The fourth-order valence-corrected chi connectivity index (χ4v) is 3.76. The van der Waals surface area contributed by atoms with E-state index in [1.807, 2.05) is 30.0 Å². The first-order chi connectivity index (χ1) is 7.58. The molecule has 0 heterocycles. The maximum atomic E-state index is 6.02. The summed E-state index contributed by atoms with van der Waals surface area (Å²) in [5, 5.41) is 1.84.